The number of H-pyrrole nitrogens is 1. The lowest BCUT2D eigenvalue weighted by atomic mass is 10.1. The minimum atomic E-state index is -0.0557. The van der Waals surface area contributed by atoms with Gasteiger partial charge < -0.3 is 11.5 Å². The zero-order valence-electron chi connectivity index (χ0n) is 14.1. The maximum Gasteiger partial charge on any atom is 0.174 e. The summed E-state index contributed by atoms with van der Waals surface area (Å²) in [6.45, 7) is 0. The summed E-state index contributed by atoms with van der Waals surface area (Å²) in [5.41, 5.74) is 14.3. The number of nitrogens with zero attached hydrogens (tertiary/aromatic N) is 5. The van der Waals surface area contributed by atoms with Crippen molar-refractivity contribution in [3.63, 3.8) is 0 Å². The highest BCUT2D eigenvalue weighted by molar-refractivity contribution is 5.98. The molecule has 0 atom stereocenters. The molecular formula is C18H15N9. The molecule has 0 aliphatic carbocycles. The molecule has 1 aromatic carbocycles. The van der Waals surface area contributed by atoms with E-state index in [9.17, 15) is 0 Å². The molecule has 0 aliphatic rings. The van der Waals surface area contributed by atoms with Crippen molar-refractivity contribution in [3.8, 4) is 11.3 Å². The van der Waals surface area contributed by atoms with Crippen molar-refractivity contribution in [1.82, 2.24) is 20.2 Å². The molecule has 4 rings (SSSR count). The van der Waals surface area contributed by atoms with Crippen LogP contribution in [0, 0.1) is 5.41 Å². The number of pyridine rings is 2. The smallest absolute Gasteiger partial charge is 0.174 e. The van der Waals surface area contributed by atoms with E-state index in [4.69, 9.17) is 16.9 Å². The van der Waals surface area contributed by atoms with E-state index < -0.39 is 0 Å². The van der Waals surface area contributed by atoms with Crippen LogP contribution in [0.1, 0.15) is 5.56 Å². The first-order valence-electron chi connectivity index (χ1n) is 8.02. The van der Waals surface area contributed by atoms with E-state index in [-0.39, 0.29) is 11.7 Å². The summed E-state index contributed by atoms with van der Waals surface area (Å²) in [4.78, 5) is 8.32. The predicted octanol–water partition coefficient (Wildman–Crippen LogP) is 3.30. The number of benzene rings is 1. The maximum absolute atomic E-state index is 7.39. The molecule has 0 fully saturated rings. The van der Waals surface area contributed by atoms with Gasteiger partial charge in [0.1, 0.15) is 11.5 Å². The van der Waals surface area contributed by atoms with Crippen LogP contribution < -0.4 is 11.5 Å². The van der Waals surface area contributed by atoms with Crippen LogP contribution in [-0.4, -0.2) is 26.0 Å². The van der Waals surface area contributed by atoms with Gasteiger partial charge in [-0.1, -0.05) is 12.1 Å². The van der Waals surface area contributed by atoms with E-state index in [0.29, 0.717) is 17.1 Å². The molecule has 0 saturated carbocycles. The molecule has 9 nitrogen and oxygen atoms in total. The van der Waals surface area contributed by atoms with E-state index in [1.807, 2.05) is 24.3 Å². The Labute approximate surface area is 153 Å². The van der Waals surface area contributed by atoms with E-state index in [0.717, 1.165) is 22.0 Å². The summed E-state index contributed by atoms with van der Waals surface area (Å²) >= 11 is 0. The molecular weight excluding hydrogens is 342 g/mol. The van der Waals surface area contributed by atoms with Crippen LogP contribution in [0.3, 0.4) is 0 Å². The van der Waals surface area contributed by atoms with Gasteiger partial charge in [-0.2, -0.15) is 5.10 Å². The number of aromatic nitrogens is 4. The normalized spacial score (nSPS) is 11.3. The highest BCUT2D eigenvalue weighted by Crippen LogP contribution is 2.34. The van der Waals surface area contributed by atoms with Gasteiger partial charge in [-0.05, 0) is 24.3 Å². The summed E-state index contributed by atoms with van der Waals surface area (Å²) in [6.07, 6.45) is 4.86. The lowest BCUT2D eigenvalue weighted by molar-refractivity contribution is 1.10. The topological polar surface area (TPSA) is 155 Å². The third-order valence-electron chi connectivity index (χ3n) is 4.02. The van der Waals surface area contributed by atoms with E-state index >= 15 is 0 Å². The Kier molecular flexibility index (Phi) is 4.01. The number of hydrogen-bond acceptors (Lipinski definition) is 7. The Morgan fingerprint density at radius 1 is 1.04 bits per heavy atom. The zero-order chi connectivity index (χ0) is 18.8. The molecule has 0 unspecified atom stereocenters. The van der Waals surface area contributed by atoms with Crippen LogP contribution in [0.25, 0.3) is 22.0 Å². The lowest BCUT2D eigenvalue weighted by Gasteiger charge is -2.06. The second-order valence-electron chi connectivity index (χ2n) is 5.78. The van der Waals surface area contributed by atoms with Crippen LogP contribution in [0.2, 0.25) is 0 Å². The van der Waals surface area contributed by atoms with E-state index in [1.165, 1.54) is 6.20 Å². The van der Waals surface area contributed by atoms with E-state index in [2.05, 4.69) is 30.4 Å². The molecule has 9 heteroatoms. The number of nitrogens with two attached hydrogens (primary N) is 2. The predicted molar refractivity (Wildman–Crippen MR) is 103 cm³/mol. The average Bonchev–Trinajstić information content (AvgIpc) is 3.22. The van der Waals surface area contributed by atoms with Gasteiger partial charge in [0.15, 0.2) is 11.6 Å². The maximum atomic E-state index is 7.39. The molecule has 132 valence electrons. The van der Waals surface area contributed by atoms with Gasteiger partial charge in [0.05, 0.1) is 5.69 Å². The van der Waals surface area contributed by atoms with Crippen molar-refractivity contribution >= 4 is 33.9 Å². The molecule has 0 amide bonds. The van der Waals surface area contributed by atoms with Crippen molar-refractivity contribution in [1.29, 1.82) is 5.41 Å². The van der Waals surface area contributed by atoms with Gasteiger partial charge in [-0.3, -0.25) is 10.5 Å². The van der Waals surface area contributed by atoms with Crippen LogP contribution >= 0.6 is 0 Å². The molecule has 4 aromatic rings. The number of nitrogens with one attached hydrogen (secondary N) is 2. The summed E-state index contributed by atoms with van der Waals surface area (Å²) in [5.74, 6) is 0.592. The summed E-state index contributed by atoms with van der Waals surface area (Å²) < 4.78 is 0. The second-order valence-corrected chi connectivity index (χ2v) is 5.78. The zero-order valence-corrected chi connectivity index (χ0v) is 14.1. The SMILES string of the molecule is N=C(N)c1ccc(N=Nc2c(N)ncc3ccc(-c4ccn[nH]4)cc23)nc1. The Morgan fingerprint density at radius 3 is 2.63 bits per heavy atom. The quantitative estimate of drug-likeness (QED) is 0.250. The van der Waals surface area contributed by atoms with Crippen LogP contribution in [0.5, 0.6) is 0 Å². The first kappa shape index (κ1) is 16.3. The fourth-order valence-corrected chi connectivity index (χ4v) is 2.61. The number of nitrogen functional groups attached to an aromatic ring is 2. The minimum absolute atomic E-state index is 0.0557. The van der Waals surface area contributed by atoms with Crippen molar-refractivity contribution in [2.24, 2.45) is 16.0 Å². The van der Waals surface area contributed by atoms with Gasteiger partial charge in [-0.15, -0.1) is 10.2 Å². The third kappa shape index (κ3) is 3.21. The monoisotopic (exact) mass is 357 g/mol. The first-order chi connectivity index (χ1) is 13.1. The molecule has 0 aliphatic heterocycles. The third-order valence-corrected chi connectivity index (χ3v) is 4.02. The molecule has 27 heavy (non-hydrogen) atoms. The van der Waals surface area contributed by atoms with Crippen molar-refractivity contribution in [3.05, 3.63) is 60.6 Å². The molecule has 0 spiro atoms. The highest BCUT2D eigenvalue weighted by Gasteiger charge is 2.09. The van der Waals surface area contributed by atoms with Crippen LogP contribution in [-0.2, 0) is 0 Å². The molecule has 6 N–H and O–H groups in total. The Hall–Kier alpha value is -4.14. The van der Waals surface area contributed by atoms with Crippen LogP contribution in [0.15, 0.2) is 65.2 Å². The summed E-state index contributed by atoms with van der Waals surface area (Å²) in [5, 5.41) is 24.4. The fourth-order valence-electron chi connectivity index (χ4n) is 2.61. The second kappa shape index (κ2) is 6.64. The summed E-state index contributed by atoms with van der Waals surface area (Å²) in [6, 6.07) is 11.0. The Bertz CT molecular complexity index is 1150. The van der Waals surface area contributed by atoms with Gasteiger partial charge in [0, 0.05) is 40.5 Å². The van der Waals surface area contributed by atoms with Gasteiger partial charge in [0.25, 0.3) is 0 Å². The Morgan fingerprint density at radius 2 is 1.93 bits per heavy atom. The fraction of sp³-hybridized carbons (Fsp3) is 0. The van der Waals surface area contributed by atoms with Crippen molar-refractivity contribution < 1.29 is 0 Å². The molecule has 0 radical (unpaired) electrons. The molecule has 3 heterocycles. The van der Waals surface area contributed by atoms with Gasteiger partial charge >= 0.3 is 0 Å². The Balaban J connectivity index is 1.76. The molecule has 0 bridgehead atoms. The number of hydrogen-bond donors (Lipinski definition) is 4. The van der Waals surface area contributed by atoms with Crippen LogP contribution in [0.4, 0.5) is 17.3 Å². The number of rotatable bonds is 4. The van der Waals surface area contributed by atoms with Gasteiger partial charge in [-0.25, -0.2) is 9.97 Å². The molecule has 3 aromatic heterocycles. The largest absolute Gasteiger partial charge is 0.384 e. The van der Waals surface area contributed by atoms with Crippen molar-refractivity contribution in [2.45, 2.75) is 0 Å². The minimum Gasteiger partial charge on any atom is -0.384 e. The number of aromatic amines is 1. The van der Waals surface area contributed by atoms with E-state index in [1.54, 1.807) is 24.5 Å². The highest BCUT2D eigenvalue weighted by atomic mass is 15.2. The standard InChI is InChI=1S/C18H15N9/c19-17(20)12-3-4-15(22-9-12)26-27-16-13-7-10(14-5-6-24-25-14)1-2-11(13)8-23-18(16)21/h1-9H,(H3,19,20)(H2,21,23)(H,24,25). The first-order valence-corrected chi connectivity index (χ1v) is 8.02. The number of azo groups is 1. The number of fused-ring (bicyclic) bond motifs is 1. The molecule has 0 saturated heterocycles. The van der Waals surface area contributed by atoms with Gasteiger partial charge in [0.2, 0.25) is 0 Å². The van der Waals surface area contributed by atoms with Crippen molar-refractivity contribution in [2.75, 3.05) is 5.73 Å². The summed E-state index contributed by atoms with van der Waals surface area (Å²) in [7, 11) is 0. The number of amidine groups is 1. The number of anilines is 1. The average molecular weight is 357 g/mol. The lowest BCUT2D eigenvalue weighted by Crippen LogP contribution is -2.10.